The third-order valence-corrected chi connectivity index (χ3v) is 2.32. The van der Waals surface area contributed by atoms with Crippen LogP contribution in [0.4, 0.5) is 0 Å². The van der Waals surface area contributed by atoms with E-state index in [1.54, 1.807) is 12.2 Å². The molecule has 3 heteroatoms. The van der Waals surface area contributed by atoms with E-state index in [2.05, 4.69) is 25.3 Å². The molecule has 0 saturated carbocycles. The van der Waals surface area contributed by atoms with E-state index in [0.29, 0.717) is 13.2 Å². The minimum Gasteiger partial charge on any atom is -0.489 e. The maximum Gasteiger partial charge on any atom is 0.127 e. The summed E-state index contributed by atoms with van der Waals surface area (Å²) in [7, 11) is 0. The normalized spacial score (nSPS) is 16.2. The van der Waals surface area contributed by atoms with Crippen LogP contribution in [-0.2, 0) is 9.47 Å². The Balaban J connectivity index is 0.00000128. The molecule has 16 heavy (non-hydrogen) atoms. The maximum atomic E-state index is 5.53. The van der Waals surface area contributed by atoms with Crippen molar-refractivity contribution in [2.24, 2.45) is 0 Å². The number of hydrogen-bond donors (Lipinski definition) is 0. The third kappa shape index (κ3) is 2.47. The van der Waals surface area contributed by atoms with E-state index in [9.17, 15) is 0 Å². The molecule has 2 aliphatic carbocycles. The molecular weight excluding hydrogens is 268 g/mol. The highest BCUT2D eigenvalue weighted by Crippen LogP contribution is 2.39. The lowest BCUT2D eigenvalue weighted by atomic mass is 10.2. The summed E-state index contributed by atoms with van der Waals surface area (Å²) >= 11 is 0. The summed E-state index contributed by atoms with van der Waals surface area (Å²) in [6.45, 7) is 8.33. The van der Waals surface area contributed by atoms with Crippen molar-refractivity contribution in [2.45, 2.75) is 6.42 Å². The second-order valence-electron chi connectivity index (χ2n) is 3.45. The van der Waals surface area contributed by atoms with E-state index in [1.807, 2.05) is 0 Å². The van der Waals surface area contributed by atoms with Gasteiger partial charge in [-0.25, -0.2) is 0 Å². The molecule has 0 radical (unpaired) electrons. The molecule has 2 bridgehead atoms. The van der Waals surface area contributed by atoms with Gasteiger partial charge in [-0.2, -0.15) is 0 Å². The number of hydrogen-bond acceptors (Lipinski definition) is 2. The molecule has 2 aliphatic rings. The molecule has 2 nitrogen and oxygen atoms in total. The van der Waals surface area contributed by atoms with Gasteiger partial charge in [0.05, 0.1) is 0 Å². The third-order valence-electron chi connectivity index (χ3n) is 2.32. The fourth-order valence-corrected chi connectivity index (χ4v) is 1.71. The first-order valence-electron chi connectivity index (χ1n) is 4.98. The largest absolute Gasteiger partial charge is 0.489 e. The Bertz CT molecular complexity index is 389. The number of rotatable bonds is 6. The standard InChI is InChI=1S/C13H14O2.BrH/c1-3-5-14-12-8-10-7-11(12)13(9-10)15-6-4-2;/h3-4,8-9H,1-2,5-7H2;1H. The summed E-state index contributed by atoms with van der Waals surface area (Å²) in [6, 6.07) is 0. The van der Waals surface area contributed by atoms with Crippen LogP contribution in [0.15, 0.2) is 60.1 Å². The fourth-order valence-electron chi connectivity index (χ4n) is 1.71. The Labute approximate surface area is 106 Å². The lowest BCUT2D eigenvalue weighted by Gasteiger charge is -2.11. The van der Waals surface area contributed by atoms with Gasteiger partial charge in [0.1, 0.15) is 24.7 Å². The van der Waals surface area contributed by atoms with Crippen LogP contribution in [0.2, 0.25) is 0 Å². The van der Waals surface area contributed by atoms with Gasteiger partial charge in [-0.05, 0) is 17.7 Å². The van der Waals surface area contributed by atoms with Gasteiger partial charge >= 0.3 is 0 Å². The molecule has 2 rings (SSSR count). The smallest absolute Gasteiger partial charge is 0.127 e. The van der Waals surface area contributed by atoms with Crippen LogP contribution >= 0.6 is 17.0 Å². The van der Waals surface area contributed by atoms with Gasteiger partial charge in [-0.3, -0.25) is 0 Å². The lowest BCUT2D eigenvalue weighted by molar-refractivity contribution is 0.236. The summed E-state index contributed by atoms with van der Waals surface area (Å²) < 4.78 is 11.1. The van der Waals surface area contributed by atoms with Crippen LogP contribution in [0.25, 0.3) is 0 Å². The van der Waals surface area contributed by atoms with Crippen LogP contribution in [0.5, 0.6) is 0 Å². The summed E-state index contributed by atoms with van der Waals surface area (Å²) in [6.07, 6.45) is 8.52. The molecule has 0 aromatic heterocycles. The van der Waals surface area contributed by atoms with Crippen molar-refractivity contribution < 1.29 is 9.47 Å². The number of halogens is 1. The number of fused-ring (bicyclic) bond motifs is 2. The van der Waals surface area contributed by atoms with Crippen molar-refractivity contribution in [1.82, 2.24) is 0 Å². The second-order valence-corrected chi connectivity index (χ2v) is 3.45. The topological polar surface area (TPSA) is 18.5 Å². The minimum atomic E-state index is 0. The molecule has 0 amide bonds. The van der Waals surface area contributed by atoms with Crippen molar-refractivity contribution in [2.75, 3.05) is 13.2 Å². The quantitative estimate of drug-likeness (QED) is 0.695. The average molecular weight is 283 g/mol. The summed E-state index contributed by atoms with van der Waals surface area (Å²) in [4.78, 5) is 0. The zero-order valence-electron chi connectivity index (χ0n) is 9.07. The zero-order valence-corrected chi connectivity index (χ0v) is 10.8. The van der Waals surface area contributed by atoms with Gasteiger partial charge in [0, 0.05) is 12.0 Å². The van der Waals surface area contributed by atoms with Gasteiger partial charge in [0.15, 0.2) is 0 Å². The fraction of sp³-hybridized carbons (Fsp3) is 0.231. The van der Waals surface area contributed by atoms with Crippen molar-refractivity contribution in [1.29, 1.82) is 0 Å². The second kappa shape index (κ2) is 5.75. The highest BCUT2D eigenvalue weighted by atomic mass is 79.9. The Morgan fingerprint density at radius 1 is 1.12 bits per heavy atom. The van der Waals surface area contributed by atoms with E-state index in [-0.39, 0.29) is 17.0 Å². The molecule has 0 N–H and O–H groups in total. The van der Waals surface area contributed by atoms with Gasteiger partial charge in [-0.1, -0.05) is 25.3 Å². The lowest BCUT2D eigenvalue weighted by Crippen LogP contribution is -1.98. The molecular formula is C13H15BrO2. The molecule has 0 aromatic rings. The predicted octanol–water partition coefficient (Wildman–Crippen LogP) is 3.45. The number of allylic oxidation sites excluding steroid dienone is 4. The summed E-state index contributed by atoms with van der Waals surface area (Å²) in [5.41, 5.74) is 2.40. The van der Waals surface area contributed by atoms with Crippen molar-refractivity contribution >= 4 is 17.0 Å². The highest BCUT2D eigenvalue weighted by molar-refractivity contribution is 8.93. The van der Waals surface area contributed by atoms with Crippen LogP contribution in [0.1, 0.15) is 6.42 Å². The van der Waals surface area contributed by atoms with Crippen LogP contribution < -0.4 is 0 Å². The zero-order chi connectivity index (χ0) is 10.7. The maximum absolute atomic E-state index is 5.53. The van der Waals surface area contributed by atoms with Crippen LogP contribution in [0.3, 0.4) is 0 Å². The Kier molecular flexibility index (Phi) is 4.62. The molecule has 86 valence electrons. The molecule has 0 fully saturated rings. The molecule has 0 heterocycles. The molecule has 0 aromatic carbocycles. The van der Waals surface area contributed by atoms with E-state index >= 15 is 0 Å². The van der Waals surface area contributed by atoms with Gasteiger partial charge in [-0.15, -0.1) is 17.0 Å². The van der Waals surface area contributed by atoms with Crippen molar-refractivity contribution in [3.63, 3.8) is 0 Å². The average Bonchev–Trinajstić information content (AvgIpc) is 2.82. The molecule has 0 atom stereocenters. The molecule has 0 aliphatic heterocycles. The Morgan fingerprint density at radius 2 is 1.81 bits per heavy atom. The first-order valence-corrected chi connectivity index (χ1v) is 4.98. The van der Waals surface area contributed by atoms with E-state index in [1.165, 1.54) is 5.57 Å². The van der Waals surface area contributed by atoms with E-state index < -0.39 is 0 Å². The van der Waals surface area contributed by atoms with Gasteiger partial charge < -0.3 is 9.47 Å². The molecule has 0 unspecified atom stereocenters. The molecule has 0 saturated heterocycles. The van der Waals surface area contributed by atoms with Crippen molar-refractivity contribution in [3.05, 3.63) is 60.1 Å². The van der Waals surface area contributed by atoms with Gasteiger partial charge in [0.25, 0.3) is 0 Å². The SMILES string of the molecule is Br.C=CCOC1=CC2=CC(OCC=C)=C1C2. The first-order chi connectivity index (χ1) is 7.35. The first kappa shape index (κ1) is 12.8. The van der Waals surface area contributed by atoms with Gasteiger partial charge in [0.2, 0.25) is 0 Å². The minimum absolute atomic E-state index is 0. The van der Waals surface area contributed by atoms with Crippen molar-refractivity contribution in [3.8, 4) is 0 Å². The van der Waals surface area contributed by atoms with Crippen LogP contribution in [-0.4, -0.2) is 13.2 Å². The predicted molar refractivity (Wildman–Crippen MR) is 70.4 cm³/mol. The van der Waals surface area contributed by atoms with E-state index in [4.69, 9.17) is 9.47 Å². The highest BCUT2D eigenvalue weighted by Gasteiger charge is 2.26. The molecule has 0 spiro atoms. The number of ether oxygens (including phenoxy) is 2. The Morgan fingerprint density at radius 3 is 2.44 bits per heavy atom. The summed E-state index contributed by atoms with van der Waals surface area (Å²) in [5, 5.41) is 0. The van der Waals surface area contributed by atoms with Crippen LogP contribution in [0, 0.1) is 0 Å². The van der Waals surface area contributed by atoms with E-state index in [0.717, 1.165) is 23.5 Å². The monoisotopic (exact) mass is 282 g/mol. The summed E-state index contributed by atoms with van der Waals surface area (Å²) in [5.74, 6) is 1.85. The Hall–Kier alpha value is -1.22.